The van der Waals surface area contributed by atoms with Crippen LogP contribution in [0.4, 0.5) is 0 Å². The molecule has 0 heteroatoms. The Kier molecular flexibility index (Phi) is 9.82. The van der Waals surface area contributed by atoms with Crippen LogP contribution in [0.15, 0.2) is 36.4 Å². The van der Waals surface area contributed by atoms with Crippen molar-refractivity contribution in [3.8, 4) is 0 Å². The zero-order valence-corrected chi connectivity index (χ0v) is 23.8. The summed E-state index contributed by atoms with van der Waals surface area (Å²) in [6.45, 7) is 32.0. The van der Waals surface area contributed by atoms with Crippen LogP contribution in [0.2, 0.25) is 0 Å². The normalized spacial score (nSPS) is 12.6. The second-order valence-electron chi connectivity index (χ2n) is 12.8. The van der Waals surface area contributed by atoms with Crippen molar-refractivity contribution in [3.05, 3.63) is 69.8 Å². The van der Waals surface area contributed by atoms with E-state index in [4.69, 9.17) is 0 Å². The Morgan fingerprint density at radius 2 is 0.938 bits per heavy atom. The first kappa shape index (κ1) is 28.5. The largest absolute Gasteiger partial charge is 0.0617 e. The molecule has 0 spiro atoms. The summed E-state index contributed by atoms with van der Waals surface area (Å²) in [5.41, 5.74) is 9.52. The van der Waals surface area contributed by atoms with E-state index >= 15 is 0 Å². The topological polar surface area (TPSA) is 0 Å². The molecule has 0 aliphatic carbocycles. The smallest absolute Gasteiger partial charge is 0.0129 e. The van der Waals surface area contributed by atoms with Gasteiger partial charge in [0.05, 0.1) is 0 Å². The SMILES string of the molecule is CC(C)c1cc(C(C)(C)C)ccc1C(C)(C)C.CC(C)c1cccc(C(C)C)c1C(C)C. The van der Waals surface area contributed by atoms with E-state index in [1.807, 2.05) is 0 Å². The van der Waals surface area contributed by atoms with E-state index in [2.05, 4.69) is 133 Å². The second kappa shape index (κ2) is 11.0. The molecule has 0 amide bonds. The summed E-state index contributed by atoms with van der Waals surface area (Å²) in [4.78, 5) is 0. The number of rotatable bonds is 4. The molecule has 0 saturated heterocycles. The second-order valence-corrected chi connectivity index (χ2v) is 12.8. The predicted octanol–water partition coefficient (Wildman–Crippen LogP) is 10.5. The van der Waals surface area contributed by atoms with Crippen molar-refractivity contribution in [1.29, 1.82) is 0 Å². The molecule has 2 rings (SSSR count). The van der Waals surface area contributed by atoms with Gasteiger partial charge in [0.1, 0.15) is 0 Å². The van der Waals surface area contributed by atoms with Crippen molar-refractivity contribution in [2.45, 2.75) is 131 Å². The summed E-state index contributed by atoms with van der Waals surface area (Å²) >= 11 is 0. The Hall–Kier alpha value is -1.56. The van der Waals surface area contributed by atoms with E-state index in [0.717, 1.165) is 0 Å². The molecule has 0 atom stereocenters. The van der Waals surface area contributed by atoms with Crippen LogP contribution < -0.4 is 0 Å². The third kappa shape index (κ3) is 7.50. The van der Waals surface area contributed by atoms with Gasteiger partial charge in [-0.1, -0.05) is 133 Å². The highest BCUT2D eigenvalue weighted by molar-refractivity contribution is 5.41. The first-order chi connectivity index (χ1) is 14.5. The minimum Gasteiger partial charge on any atom is -0.0617 e. The van der Waals surface area contributed by atoms with Crippen molar-refractivity contribution in [1.82, 2.24) is 0 Å². The lowest BCUT2D eigenvalue weighted by atomic mass is 9.77. The highest BCUT2D eigenvalue weighted by atomic mass is 14.3. The van der Waals surface area contributed by atoms with Crippen LogP contribution >= 0.6 is 0 Å². The predicted molar refractivity (Wildman–Crippen MR) is 147 cm³/mol. The van der Waals surface area contributed by atoms with E-state index in [0.29, 0.717) is 23.7 Å². The monoisotopic (exact) mass is 436 g/mol. The third-order valence-corrected chi connectivity index (χ3v) is 6.34. The van der Waals surface area contributed by atoms with Gasteiger partial charge >= 0.3 is 0 Å². The molecule has 2 aromatic carbocycles. The lowest BCUT2D eigenvalue weighted by Crippen LogP contribution is -2.18. The Labute approximate surface area is 201 Å². The fraction of sp³-hybridized carbons (Fsp3) is 0.625. The maximum atomic E-state index is 2.41. The standard InChI is InChI=1S/C17H28.C15H24/c1-12(2)14-11-13(16(3,4)5)9-10-15(14)17(6,7)8;1-10(2)13-8-7-9-14(11(3)4)15(13)12(5)6/h9-12H,1-8H3;7-12H,1-6H3. The lowest BCUT2D eigenvalue weighted by Gasteiger charge is -2.28. The fourth-order valence-corrected chi connectivity index (χ4v) is 4.47. The van der Waals surface area contributed by atoms with Crippen LogP contribution in [-0.2, 0) is 10.8 Å². The molecular formula is C32H52. The average molecular weight is 437 g/mol. The molecule has 0 aliphatic heterocycles. The van der Waals surface area contributed by atoms with E-state index in [9.17, 15) is 0 Å². The maximum Gasteiger partial charge on any atom is -0.0129 e. The van der Waals surface area contributed by atoms with Gasteiger partial charge in [-0.15, -0.1) is 0 Å². The highest BCUT2D eigenvalue weighted by Crippen LogP contribution is 2.34. The molecule has 0 fully saturated rings. The molecule has 0 bridgehead atoms. The van der Waals surface area contributed by atoms with Gasteiger partial charge in [-0.2, -0.15) is 0 Å². The zero-order valence-electron chi connectivity index (χ0n) is 23.8. The minimum atomic E-state index is 0.232. The van der Waals surface area contributed by atoms with Gasteiger partial charge in [0.15, 0.2) is 0 Å². The quantitative estimate of drug-likeness (QED) is 0.447. The summed E-state index contributed by atoms with van der Waals surface area (Å²) in [5, 5.41) is 0. The van der Waals surface area contributed by atoms with Gasteiger partial charge in [0.25, 0.3) is 0 Å². The van der Waals surface area contributed by atoms with Crippen molar-refractivity contribution >= 4 is 0 Å². The average Bonchev–Trinajstić information content (AvgIpc) is 2.65. The molecule has 0 nitrogen and oxygen atoms in total. The Balaban J connectivity index is 0.000000323. The maximum absolute atomic E-state index is 2.41. The van der Waals surface area contributed by atoms with Crippen LogP contribution in [-0.4, -0.2) is 0 Å². The molecule has 2 aromatic rings. The molecule has 0 unspecified atom stereocenters. The zero-order chi connectivity index (χ0) is 25.0. The number of hydrogen-bond acceptors (Lipinski definition) is 0. The van der Waals surface area contributed by atoms with E-state index in [-0.39, 0.29) is 10.8 Å². The van der Waals surface area contributed by atoms with Gasteiger partial charge in [-0.25, -0.2) is 0 Å². The summed E-state index contributed by atoms with van der Waals surface area (Å²) in [6, 6.07) is 13.8. The molecule has 0 saturated carbocycles. The summed E-state index contributed by atoms with van der Waals surface area (Å²) in [5.74, 6) is 2.47. The van der Waals surface area contributed by atoms with Gasteiger partial charge in [0.2, 0.25) is 0 Å². The van der Waals surface area contributed by atoms with Crippen LogP contribution in [0.5, 0.6) is 0 Å². The van der Waals surface area contributed by atoms with Gasteiger partial charge in [0, 0.05) is 0 Å². The van der Waals surface area contributed by atoms with Crippen LogP contribution in [0.25, 0.3) is 0 Å². The van der Waals surface area contributed by atoms with Gasteiger partial charge in [-0.3, -0.25) is 0 Å². The van der Waals surface area contributed by atoms with Crippen LogP contribution in [0.3, 0.4) is 0 Å². The van der Waals surface area contributed by atoms with E-state index < -0.39 is 0 Å². The van der Waals surface area contributed by atoms with Crippen LogP contribution in [0, 0.1) is 0 Å². The van der Waals surface area contributed by atoms with Crippen LogP contribution in [0.1, 0.15) is 154 Å². The Morgan fingerprint density at radius 1 is 0.500 bits per heavy atom. The van der Waals surface area contributed by atoms with E-state index in [1.54, 1.807) is 5.56 Å². The number of benzene rings is 2. The van der Waals surface area contributed by atoms with Crippen molar-refractivity contribution in [2.75, 3.05) is 0 Å². The minimum absolute atomic E-state index is 0.232. The van der Waals surface area contributed by atoms with Crippen molar-refractivity contribution in [3.63, 3.8) is 0 Å². The van der Waals surface area contributed by atoms with Crippen molar-refractivity contribution < 1.29 is 0 Å². The molecule has 0 heterocycles. The highest BCUT2D eigenvalue weighted by Gasteiger charge is 2.22. The molecular weight excluding hydrogens is 384 g/mol. The van der Waals surface area contributed by atoms with E-state index in [1.165, 1.54) is 27.8 Å². The van der Waals surface area contributed by atoms with Crippen molar-refractivity contribution in [2.24, 2.45) is 0 Å². The Bertz CT molecular complexity index is 822. The number of hydrogen-bond donors (Lipinski definition) is 0. The summed E-state index contributed by atoms with van der Waals surface area (Å²) in [7, 11) is 0. The molecule has 0 aromatic heterocycles. The first-order valence-electron chi connectivity index (χ1n) is 12.8. The molecule has 180 valence electrons. The summed E-state index contributed by atoms with van der Waals surface area (Å²) < 4.78 is 0. The molecule has 0 aliphatic rings. The van der Waals surface area contributed by atoms with Gasteiger partial charge < -0.3 is 0 Å². The fourth-order valence-electron chi connectivity index (χ4n) is 4.47. The first-order valence-corrected chi connectivity index (χ1v) is 12.8. The molecule has 0 radical (unpaired) electrons. The lowest BCUT2D eigenvalue weighted by molar-refractivity contribution is 0.565. The Morgan fingerprint density at radius 3 is 1.25 bits per heavy atom. The summed E-state index contributed by atoms with van der Waals surface area (Å²) in [6.07, 6.45) is 0. The molecule has 32 heavy (non-hydrogen) atoms. The molecule has 0 N–H and O–H groups in total. The third-order valence-electron chi connectivity index (χ3n) is 6.34. The van der Waals surface area contributed by atoms with Gasteiger partial charge in [-0.05, 0) is 67.9 Å².